The number of amides is 1. The lowest BCUT2D eigenvalue weighted by Crippen LogP contribution is -2.30. The molecule has 7 heteroatoms. The molecule has 2 aromatic rings. The van der Waals surface area contributed by atoms with Crippen LogP contribution >= 0.6 is 27.7 Å². The number of phenols is 1. The lowest BCUT2D eigenvalue weighted by atomic mass is 10.2. The quantitative estimate of drug-likeness (QED) is 0.502. The highest BCUT2D eigenvalue weighted by molar-refractivity contribution is 9.10. The summed E-state index contributed by atoms with van der Waals surface area (Å²) in [5, 5.41) is 10.8. The molecule has 0 saturated carbocycles. The Balaban J connectivity index is 1.95. The van der Waals surface area contributed by atoms with E-state index in [0.29, 0.717) is 33.4 Å². The first-order chi connectivity index (χ1) is 14.0. The third kappa shape index (κ3) is 5.22. The molecule has 3 rings (SSSR count). The fourth-order valence-corrected chi connectivity index (χ4v) is 4.30. The first-order valence-electron chi connectivity index (χ1n) is 9.54. The van der Waals surface area contributed by atoms with Crippen LogP contribution in [0.1, 0.15) is 32.3 Å². The predicted molar refractivity (Wildman–Crippen MR) is 123 cm³/mol. The lowest BCUT2D eigenvalue weighted by Gasteiger charge is -2.14. The van der Waals surface area contributed by atoms with Gasteiger partial charge in [-0.3, -0.25) is 9.69 Å². The van der Waals surface area contributed by atoms with Crippen LogP contribution in [-0.2, 0) is 4.79 Å². The smallest absolute Gasteiger partial charge is 0.266 e. The third-order valence-corrected chi connectivity index (χ3v) is 5.86. The summed E-state index contributed by atoms with van der Waals surface area (Å²) in [7, 11) is 0. The number of hydrogen-bond donors (Lipinski definition) is 1. The molecule has 2 aromatic carbocycles. The zero-order valence-electron chi connectivity index (χ0n) is 16.4. The van der Waals surface area contributed by atoms with Gasteiger partial charge in [-0.15, -0.1) is 0 Å². The number of benzene rings is 2. The summed E-state index contributed by atoms with van der Waals surface area (Å²) in [5.74, 6) is 0.376. The number of carbonyl (C=O) groups is 1. The van der Waals surface area contributed by atoms with Crippen LogP contribution in [-0.4, -0.2) is 34.2 Å². The Kier molecular flexibility index (Phi) is 7.39. The lowest BCUT2D eigenvalue weighted by molar-refractivity contribution is -0.122. The number of aromatic hydroxyl groups is 1. The average Bonchev–Trinajstić information content (AvgIpc) is 2.99. The zero-order valence-corrected chi connectivity index (χ0v) is 18.8. The molecule has 1 fully saturated rings. The van der Waals surface area contributed by atoms with Crippen LogP contribution in [0.3, 0.4) is 0 Å². The molecule has 0 aliphatic carbocycles. The SMILES string of the molecule is CCCCN1C(=O)/C(=C/c2cc(Br)c(O)c(OCC)c2)SC1=Nc1ccccc1. The average molecular weight is 475 g/mol. The summed E-state index contributed by atoms with van der Waals surface area (Å²) in [6.45, 7) is 5.02. The molecule has 29 heavy (non-hydrogen) atoms. The minimum absolute atomic E-state index is 0.0512. The van der Waals surface area contributed by atoms with Gasteiger partial charge in [0.15, 0.2) is 16.7 Å². The Hall–Kier alpha value is -2.25. The molecular weight excluding hydrogens is 452 g/mol. The number of hydrogen-bond acceptors (Lipinski definition) is 5. The van der Waals surface area contributed by atoms with Crippen molar-refractivity contribution in [2.75, 3.05) is 13.2 Å². The van der Waals surface area contributed by atoms with Gasteiger partial charge in [0, 0.05) is 6.54 Å². The fraction of sp³-hybridized carbons (Fsp3) is 0.273. The highest BCUT2D eigenvalue weighted by atomic mass is 79.9. The van der Waals surface area contributed by atoms with Crippen molar-refractivity contribution in [3.05, 3.63) is 57.4 Å². The van der Waals surface area contributed by atoms with E-state index in [0.717, 1.165) is 24.1 Å². The van der Waals surface area contributed by atoms with Crippen molar-refractivity contribution in [1.29, 1.82) is 0 Å². The Morgan fingerprint density at radius 1 is 1.24 bits per heavy atom. The molecule has 1 amide bonds. The van der Waals surface area contributed by atoms with E-state index in [2.05, 4.69) is 27.8 Å². The second-order valence-corrected chi connectivity index (χ2v) is 8.30. The standard InChI is InChI=1S/C22H23BrN2O3S/c1-3-5-11-25-21(27)19(29-22(25)24-16-9-7-6-8-10-16)14-15-12-17(23)20(26)18(13-15)28-4-2/h6-10,12-14,26H,3-5,11H2,1-2H3/b19-14-,24-22?. The van der Waals surface area contributed by atoms with Crippen LogP contribution in [0.5, 0.6) is 11.5 Å². The molecule has 152 valence electrons. The van der Waals surface area contributed by atoms with E-state index in [9.17, 15) is 9.90 Å². The van der Waals surface area contributed by atoms with Crippen molar-refractivity contribution in [3.63, 3.8) is 0 Å². The molecule has 0 radical (unpaired) electrons. The van der Waals surface area contributed by atoms with Gasteiger partial charge in [0.1, 0.15) is 0 Å². The first kappa shape index (κ1) is 21.5. The Morgan fingerprint density at radius 2 is 2.00 bits per heavy atom. The summed E-state index contributed by atoms with van der Waals surface area (Å²) in [4.78, 5) is 20.1. The third-order valence-electron chi connectivity index (χ3n) is 4.25. The number of para-hydroxylation sites is 1. The van der Waals surface area contributed by atoms with Gasteiger partial charge >= 0.3 is 0 Å². The van der Waals surface area contributed by atoms with Crippen molar-refractivity contribution in [2.24, 2.45) is 4.99 Å². The van der Waals surface area contributed by atoms with E-state index < -0.39 is 0 Å². The number of carbonyl (C=O) groups excluding carboxylic acids is 1. The van der Waals surface area contributed by atoms with Crippen LogP contribution in [0.15, 0.2) is 56.8 Å². The second-order valence-electron chi connectivity index (χ2n) is 6.43. The molecule has 0 spiro atoms. The summed E-state index contributed by atoms with van der Waals surface area (Å²) >= 11 is 4.71. The van der Waals surface area contributed by atoms with E-state index in [1.807, 2.05) is 43.3 Å². The van der Waals surface area contributed by atoms with Crippen LogP contribution in [0.25, 0.3) is 6.08 Å². The molecule has 1 N–H and O–H groups in total. The summed E-state index contributed by atoms with van der Waals surface area (Å²) < 4.78 is 6.01. The van der Waals surface area contributed by atoms with Crippen molar-refractivity contribution in [1.82, 2.24) is 4.90 Å². The molecule has 1 aliphatic rings. The predicted octanol–water partition coefficient (Wildman–Crippen LogP) is 5.96. The van der Waals surface area contributed by atoms with Gasteiger partial charge in [-0.2, -0.15) is 0 Å². The van der Waals surface area contributed by atoms with Gasteiger partial charge in [0.2, 0.25) is 0 Å². The topological polar surface area (TPSA) is 62.1 Å². The van der Waals surface area contributed by atoms with Crippen molar-refractivity contribution in [2.45, 2.75) is 26.7 Å². The molecular formula is C22H23BrN2O3S. The van der Waals surface area contributed by atoms with E-state index in [4.69, 9.17) is 4.74 Å². The normalized spacial score (nSPS) is 16.8. The van der Waals surface area contributed by atoms with E-state index >= 15 is 0 Å². The number of unbranched alkanes of at least 4 members (excludes halogenated alkanes) is 1. The van der Waals surface area contributed by atoms with Gasteiger partial charge < -0.3 is 9.84 Å². The fourth-order valence-electron chi connectivity index (χ4n) is 2.81. The van der Waals surface area contributed by atoms with Gasteiger partial charge in [0.05, 0.1) is 21.7 Å². The van der Waals surface area contributed by atoms with Crippen LogP contribution in [0, 0.1) is 0 Å². The van der Waals surface area contributed by atoms with Gasteiger partial charge in [-0.05, 0) is 76.9 Å². The largest absolute Gasteiger partial charge is 0.503 e. The molecule has 0 atom stereocenters. The monoisotopic (exact) mass is 474 g/mol. The number of halogens is 1. The number of aliphatic imine (C=N–C) groups is 1. The molecule has 1 aliphatic heterocycles. The van der Waals surface area contributed by atoms with E-state index in [1.54, 1.807) is 17.0 Å². The van der Waals surface area contributed by atoms with Crippen molar-refractivity contribution >= 4 is 50.5 Å². The maximum atomic E-state index is 13.0. The summed E-state index contributed by atoms with van der Waals surface area (Å²) in [6, 6.07) is 13.1. The number of nitrogens with zero attached hydrogens (tertiary/aromatic N) is 2. The van der Waals surface area contributed by atoms with Crippen molar-refractivity contribution in [3.8, 4) is 11.5 Å². The maximum Gasteiger partial charge on any atom is 0.266 e. The minimum atomic E-state index is -0.0553. The van der Waals surface area contributed by atoms with Crippen LogP contribution < -0.4 is 4.74 Å². The molecule has 0 unspecified atom stereocenters. The Morgan fingerprint density at radius 3 is 2.69 bits per heavy atom. The number of thioether (sulfide) groups is 1. The van der Waals surface area contributed by atoms with Gasteiger partial charge in [-0.25, -0.2) is 4.99 Å². The molecule has 1 saturated heterocycles. The van der Waals surface area contributed by atoms with Crippen LogP contribution in [0.2, 0.25) is 0 Å². The highest BCUT2D eigenvalue weighted by Gasteiger charge is 2.33. The van der Waals surface area contributed by atoms with E-state index in [1.165, 1.54) is 11.8 Å². The molecule has 0 bridgehead atoms. The molecule has 0 aromatic heterocycles. The first-order valence-corrected chi connectivity index (χ1v) is 11.1. The maximum absolute atomic E-state index is 13.0. The highest BCUT2D eigenvalue weighted by Crippen LogP contribution is 2.39. The Bertz CT molecular complexity index is 945. The second kappa shape index (κ2) is 9.98. The van der Waals surface area contributed by atoms with Gasteiger partial charge in [-0.1, -0.05) is 31.5 Å². The summed E-state index contributed by atoms with van der Waals surface area (Å²) in [6.07, 6.45) is 3.72. The van der Waals surface area contributed by atoms with E-state index in [-0.39, 0.29) is 11.7 Å². The molecule has 1 heterocycles. The number of phenolic OH excluding ortho intramolecular Hbond substituents is 1. The number of ether oxygens (including phenoxy) is 1. The van der Waals surface area contributed by atoms with Crippen LogP contribution in [0.4, 0.5) is 5.69 Å². The summed E-state index contributed by atoms with van der Waals surface area (Å²) in [5.41, 5.74) is 1.59. The van der Waals surface area contributed by atoms with Crippen molar-refractivity contribution < 1.29 is 14.6 Å². The van der Waals surface area contributed by atoms with Gasteiger partial charge in [0.25, 0.3) is 5.91 Å². The molecule has 5 nitrogen and oxygen atoms in total. The Labute approximate surface area is 183 Å². The minimum Gasteiger partial charge on any atom is -0.503 e. The number of amidine groups is 1. The number of rotatable bonds is 7. The zero-order chi connectivity index (χ0) is 20.8.